The van der Waals surface area contributed by atoms with Crippen LogP contribution in [0.2, 0.25) is 0 Å². The lowest BCUT2D eigenvalue weighted by atomic mass is 10.1. The molecule has 2 aliphatic heterocycles. The van der Waals surface area contributed by atoms with E-state index < -0.39 is 0 Å². The van der Waals surface area contributed by atoms with Crippen molar-refractivity contribution in [3.8, 4) is 11.5 Å². The summed E-state index contributed by atoms with van der Waals surface area (Å²) in [5.74, 6) is 0.876. The van der Waals surface area contributed by atoms with E-state index in [1.165, 1.54) is 23.4 Å². The van der Waals surface area contributed by atoms with Crippen LogP contribution in [0.5, 0.6) is 11.5 Å². The molecule has 3 aromatic rings. The second-order valence-corrected chi connectivity index (χ2v) is 9.67. The summed E-state index contributed by atoms with van der Waals surface area (Å²) >= 11 is 1.32. The predicted octanol–water partition coefficient (Wildman–Crippen LogP) is 5.17. The largest absolute Gasteiger partial charge is 0.486 e. The van der Waals surface area contributed by atoms with Crippen LogP contribution in [0.3, 0.4) is 0 Å². The number of hydrogen-bond donors (Lipinski definition) is 1. The van der Waals surface area contributed by atoms with Crippen molar-refractivity contribution in [3.05, 3.63) is 94.4 Å². The van der Waals surface area contributed by atoms with Gasteiger partial charge >= 0.3 is 0 Å². The van der Waals surface area contributed by atoms with E-state index in [-0.39, 0.29) is 17.9 Å². The van der Waals surface area contributed by atoms with Crippen LogP contribution >= 0.6 is 11.8 Å². The molecule has 0 spiro atoms. The van der Waals surface area contributed by atoms with Gasteiger partial charge in [-0.3, -0.25) is 9.59 Å². The first-order valence-electron chi connectivity index (χ1n) is 11.5. The smallest absolute Gasteiger partial charge is 0.265 e. The third-order valence-electron chi connectivity index (χ3n) is 5.98. The number of thioether (sulfide) groups is 1. The molecule has 1 N–H and O–H groups in total. The average Bonchev–Trinajstić information content (AvgIpc) is 2.87. The first-order chi connectivity index (χ1) is 17.0. The van der Waals surface area contributed by atoms with Crippen molar-refractivity contribution in [3.63, 3.8) is 0 Å². The SMILES string of the molecule is Cc1ccc(CN2C(=O)/C(=C/C(=O)N[C@H](C)c3ccc4c(c3)OCCO4)Sc3ccccc32)cc1. The van der Waals surface area contributed by atoms with Crippen LogP contribution in [0.15, 0.2) is 82.6 Å². The fourth-order valence-corrected chi connectivity index (χ4v) is 5.11. The number of nitrogens with zero attached hydrogens (tertiary/aromatic N) is 1. The van der Waals surface area contributed by atoms with E-state index in [1.54, 1.807) is 4.90 Å². The Bertz CT molecular complexity index is 1300. The number of anilines is 1. The molecule has 3 aromatic carbocycles. The molecule has 0 aromatic heterocycles. The zero-order chi connectivity index (χ0) is 24.4. The maximum atomic E-state index is 13.4. The van der Waals surface area contributed by atoms with Gasteiger partial charge in [-0.1, -0.05) is 59.8 Å². The Balaban J connectivity index is 1.35. The first kappa shape index (κ1) is 23.1. The Morgan fingerprint density at radius 3 is 2.60 bits per heavy atom. The van der Waals surface area contributed by atoms with Gasteiger partial charge in [0.25, 0.3) is 5.91 Å². The third-order valence-corrected chi connectivity index (χ3v) is 7.06. The van der Waals surface area contributed by atoms with E-state index in [9.17, 15) is 9.59 Å². The van der Waals surface area contributed by atoms with Crippen LogP contribution in [0, 0.1) is 6.92 Å². The van der Waals surface area contributed by atoms with Crippen molar-refractivity contribution in [2.24, 2.45) is 0 Å². The number of amides is 2. The average molecular weight is 487 g/mol. The number of carbonyl (C=O) groups excluding carboxylic acids is 2. The molecule has 7 heteroatoms. The number of nitrogens with one attached hydrogen (secondary N) is 1. The second kappa shape index (κ2) is 9.88. The lowest BCUT2D eigenvalue weighted by Gasteiger charge is -2.30. The quantitative estimate of drug-likeness (QED) is 0.504. The highest BCUT2D eigenvalue weighted by Gasteiger charge is 2.30. The Labute approximate surface area is 208 Å². The van der Waals surface area contributed by atoms with Crippen molar-refractivity contribution in [1.29, 1.82) is 0 Å². The van der Waals surface area contributed by atoms with Crippen LogP contribution in [0.1, 0.15) is 29.7 Å². The summed E-state index contributed by atoms with van der Waals surface area (Å²) in [5, 5.41) is 2.97. The van der Waals surface area contributed by atoms with Crippen LogP contribution in [0.4, 0.5) is 5.69 Å². The molecule has 0 unspecified atom stereocenters. The first-order valence-corrected chi connectivity index (χ1v) is 12.4. The molecule has 0 saturated carbocycles. The summed E-state index contributed by atoms with van der Waals surface area (Å²) in [6.07, 6.45) is 1.40. The molecule has 0 radical (unpaired) electrons. The minimum Gasteiger partial charge on any atom is -0.486 e. The molecule has 0 bridgehead atoms. The van der Waals surface area contributed by atoms with Crippen LogP contribution in [-0.4, -0.2) is 25.0 Å². The maximum absolute atomic E-state index is 13.4. The highest BCUT2D eigenvalue weighted by molar-refractivity contribution is 8.04. The van der Waals surface area contributed by atoms with Gasteiger partial charge in [0.1, 0.15) is 13.2 Å². The van der Waals surface area contributed by atoms with Gasteiger partial charge in [0.2, 0.25) is 5.91 Å². The maximum Gasteiger partial charge on any atom is 0.265 e. The van der Waals surface area contributed by atoms with E-state index in [0.29, 0.717) is 36.2 Å². The molecule has 2 heterocycles. The summed E-state index contributed by atoms with van der Waals surface area (Å²) in [6, 6.07) is 21.3. The van der Waals surface area contributed by atoms with E-state index in [1.807, 2.05) is 80.6 Å². The van der Waals surface area contributed by atoms with Gasteiger partial charge in [-0.15, -0.1) is 0 Å². The summed E-state index contributed by atoms with van der Waals surface area (Å²) in [7, 11) is 0. The summed E-state index contributed by atoms with van der Waals surface area (Å²) < 4.78 is 11.2. The van der Waals surface area contributed by atoms with Crippen molar-refractivity contribution in [2.75, 3.05) is 18.1 Å². The van der Waals surface area contributed by atoms with Crippen molar-refractivity contribution < 1.29 is 19.1 Å². The minimum absolute atomic E-state index is 0.184. The minimum atomic E-state index is -0.321. The van der Waals surface area contributed by atoms with Gasteiger partial charge in [-0.05, 0) is 49.2 Å². The highest BCUT2D eigenvalue weighted by atomic mass is 32.2. The Morgan fingerprint density at radius 2 is 1.80 bits per heavy atom. The topological polar surface area (TPSA) is 67.9 Å². The van der Waals surface area contributed by atoms with Crippen molar-refractivity contribution in [1.82, 2.24) is 5.32 Å². The summed E-state index contributed by atoms with van der Waals surface area (Å²) in [6.45, 7) is 5.40. The van der Waals surface area contributed by atoms with E-state index in [2.05, 4.69) is 5.32 Å². The van der Waals surface area contributed by atoms with Gasteiger partial charge in [0, 0.05) is 11.0 Å². The number of rotatable bonds is 5. The number of aryl methyl sites for hydroxylation is 1. The molecule has 0 fully saturated rings. The van der Waals surface area contributed by atoms with E-state index >= 15 is 0 Å². The fourth-order valence-electron chi connectivity index (χ4n) is 4.08. The number of hydrogen-bond acceptors (Lipinski definition) is 5. The lowest BCUT2D eigenvalue weighted by molar-refractivity contribution is -0.118. The molecule has 35 heavy (non-hydrogen) atoms. The molecule has 1 atom stereocenters. The van der Waals surface area contributed by atoms with E-state index in [4.69, 9.17) is 9.47 Å². The molecule has 5 rings (SSSR count). The summed E-state index contributed by atoms with van der Waals surface area (Å²) in [5.41, 5.74) is 3.95. The number of para-hydroxylation sites is 1. The van der Waals surface area contributed by atoms with Crippen LogP contribution in [-0.2, 0) is 16.1 Å². The fraction of sp³-hybridized carbons (Fsp3) is 0.214. The van der Waals surface area contributed by atoms with Crippen LogP contribution < -0.4 is 19.7 Å². The number of benzene rings is 3. The monoisotopic (exact) mass is 486 g/mol. The zero-order valence-electron chi connectivity index (χ0n) is 19.6. The predicted molar refractivity (Wildman–Crippen MR) is 137 cm³/mol. The van der Waals surface area contributed by atoms with Gasteiger partial charge in [0.15, 0.2) is 11.5 Å². The second-order valence-electron chi connectivity index (χ2n) is 8.59. The molecule has 6 nitrogen and oxygen atoms in total. The van der Waals surface area contributed by atoms with Gasteiger partial charge < -0.3 is 19.7 Å². The lowest BCUT2D eigenvalue weighted by Crippen LogP contribution is -2.34. The van der Waals surface area contributed by atoms with E-state index in [0.717, 1.165) is 21.7 Å². The Kier molecular flexibility index (Phi) is 6.51. The van der Waals surface area contributed by atoms with Gasteiger partial charge in [0.05, 0.1) is 23.2 Å². The van der Waals surface area contributed by atoms with Crippen molar-refractivity contribution in [2.45, 2.75) is 31.3 Å². The summed E-state index contributed by atoms with van der Waals surface area (Å²) in [4.78, 5) is 29.4. The van der Waals surface area contributed by atoms with Crippen LogP contribution in [0.25, 0.3) is 0 Å². The molecule has 2 amide bonds. The number of fused-ring (bicyclic) bond motifs is 2. The van der Waals surface area contributed by atoms with Gasteiger partial charge in [-0.2, -0.15) is 0 Å². The highest BCUT2D eigenvalue weighted by Crippen LogP contribution is 2.42. The number of ether oxygens (including phenoxy) is 2. The van der Waals surface area contributed by atoms with Crippen molar-refractivity contribution >= 4 is 29.3 Å². The molecule has 178 valence electrons. The molecular formula is C28H26N2O4S. The van der Waals surface area contributed by atoms with Gasteiger partial charge in [-0.25, -0.2) is 0 Å². The third kappa shape index (κ3) is 5.05. The Morgan fingerprint density at radius 1 is 1.06 bits per heavy atom. The molecule has 0 saturated heterocycles. The normalized spacial score (nSPS) is 16.6. The Hall–Kier alpha value is -3.71. The zero-order valence-corrected chi connectivity index (χ0v) is 20.4. The molecule has 2 aliphatic rings. The number of carbonyl (C=O) groups is 2. The standard InChI is InChI=1S/C28H26N2O4S/c1-18-7-9-20(10-8-18)17-30-22-5-3-4-6-25(22)35-26(28(30)32)16-27(31)29-19(2)21-11-12-23-24(15-21)34-14-13-33-23/h3-12,15-16,19H,13-14,17H2,1-2H3,(H,29,31)/b26-16-/t19-/m1/s1. The molecule has 0 aliphatic carbocycles. The molecular weight excluding hydrogens is 460 g/mol.